The minimum Gasteiger partial charge on any atom is -0.480 e. The summed E-state index contributed by atoms with van der Waals surface area (Å²) < 4.78 is 11.8. The lowest BCUT2D eigenvalue weighted by atomic mass is 9.98. The van der Waals surface area contributed by atoms with Crippen LogP contribution >= 0.6 is 0 Å². The largest absolute Gasteiger partial charge is 0.480 e. The molecule has 29 heavy (non-hydrogen) atoms. The topological polar surface area (TPSA) is 83.2 Å². The molecule has 3 heterocycles. The normalized spacial score (nSPS) is 22.7. The molecule has 2 aromatic rings. The van der Waals surface area contributed by atoms with Crippen LogP contribution in [0.2, 0.25) is 0 Å². The summed E-state index contributed by atoms with van der Waals surface area (Å²) in [4.78, 5) is 27.8. The lowest BCUT2D eigenvalue weighted by Gasteiger charge is -2.39. The summed E-state index contributed by atoms with van der Waals surface area (Å²) in [6, 6.07) is 2.14. The summed E-state index contributed by atoms with van der Waals surface area (Å²) in [6.45, 7) is 8.97. The molecule has 2 fully saturated rings. The van der Waals surface area contributed by atoms with E-state index in [2.05, 4.69) is 19.9 Å². The van der Waals surface area contributed by atoms with E-state index >= 15 is 0 Å². The molecule has 2 aliphatic rings. The highest BCUT2D eigenvalue weighted by atomic mass is 16.5. The first-order valence-electron chi connectivity index (χ1n) is 10.1. The van der Waals surface area contributed by atoms with Crippen LogP contribution in [0.15, 0.2) is 16.7 Å². The molecule has 4 rings (SSSR count). The maximum atomic E-state index is 13.0. The first-order chi connectivity index (χ1) is 13.8. The highest BCUT2D eigenvalue weighted by Gasteiger charge is 2.44. The number of amides is 1. The summed E-state index contributed by atoms with van der Waals surface area (Å²) in [5.74, 6) is -0.776. The molecule has 1 amide bonds. The molecule has 0 saturated carbocycles. The smallest absolute Gasteiger partial charge is 0.317 e. The fourth-order valence-corrected chi connectivity index (χ4v) is 4.75. The Balaban J connectivity index is 1.47. The Hall–Kier alpha value is -2.38. The van der Waals surface area contributed by atoms with Crippen LogP contribution in [0.5, 0.6) is 0 Å². The molecule has 1 aromatic heterocycles. The van der Waals surface area contributed by atoms with Gasteiger partial charge in [-0.05, 0) is 43.9 Å². The molecular formula is C22H28N2O5. The van der Waals surface area contributed by atoms with Crippen LogP contribution in [0.1, 0.15) is 28.7 Å². The van der Waals surface area contributed by atoms with Crippen molar-refractivity contribution in [2.24, 2.45) is 0 Å². The third kappa shape index (κ3) is 3.76. The number of benzene rings is 1. The number of aryl methyl sites for hydroxylation is 3. The molecule has 2 saturated heterocycles. The Labute approximate surface area is 170 Å². The van der Waals surface area contributed by atoms with Crippen molar-refractivity contribution < 1.29 is 23.8 Å². The van der Waals surface area contributed by atoms with Crippen molar-refractivity contribution in [3.8, 4) is 0 Å². The average molecular weight is 400 g/mol. The quantitative estimate of drug-likeness (QED) is 0.848. The molecule has 0 aliphatic carbocycles. The molecule has 1 N–H and O–H groups in total. The number of hydrogen-bond acceptors (Lipinski definition) is 5. The van der Waals surface area contributed by atoms with Crippen LogP contribution in [0, 0.1) is 20.8 Å². The standard InChI is InChI=1S/C22H28N2O5/c1-14-8-15(2)20-17(11-28-21(20)16(14)3)9-18(25)24-5-4-22(13-24)12-23(6-7-29-22)10-19(26)27/h8,11H,4-7,9-10,12-13H2,1-3H3,(H,26,27). The molecular weight excluding hydrogens is 372 g/mol. The van der Waals surface area contributed by atoms with Gasteiger partial charge in [-0.3, -0.25) is 14.5 Å². The maximum Gasteiger partial charge on any atom is 0.317 e. The summed E-state index contributed by atoms with van der Waals surface area (Å²) in [6.07, 6.45) is 2.74. The number of carbonyl (C=O) groups excluding carboxylic acids is 1. The van der Waals surface area contributed by atoms with Gasteiger partial charge < -0.3 is 19.2 Å². The molecule has 7 nitrogen and oxygen atoms in total. The van der Waals surface area contributed by atoms with Crippen LogP contribution in [0.25, 0.3) is 11.0 Å². The SMILES string of the molecule is Cc1cc(C)c2c(CC(=O)N3CCC4(CN(CC(=O)O)CCO4)C3)coc2c1C. The number of nitrogens with zero attached hydrogens (tertiary/aromatic N) is 2. The van der Waals surface area contributed by atoms with Crippen LogP contribution in [-0.4, -0.2) is 71.7 Å². The van der Waals surface area contributed by atoms with E-state index < -0.39 is 11.6 Å². The minimum atomic E-state index is -0.833. The van der Waals surface area contributed by atoms with Gasteiger partial charge in [0.15, 0.2) is 0 Å². The van der Waals surface area contributed by atoms with Crippen molar-refractivity contribution in [3.05, 3.63) is 34.6 Å². The molecule has 1 aromatic carbocycles. The van der Waals surface area contributed by atoms with Gasteiger partial charge in [0, 0.05) is 30.6 Å². The second kappa shape index (κ2) is 7.46. The lowest BCUT2D eigenvalue weighted by Crippen LogP contribution is -2.54. The van der Waals surface area contributed by atoms with Crippen molar-refractivity contribution >= 4 is 22.8 Å². The van der Waals surface area contributed by atoms with Crippen LogP contribution < -0.4 is 0 Å². The second-order valence-corrected chi connectivity index (χ2v) is 8.48. The van der Waals surface area contributed by atoms with E-state index in [9.17, 15) is 9.59 Å². The van der Waals surface area contributed by atoms with Crippen molar-refractivity contribution in [2.75, 3.05) is 39.3 Å². The van der Waals surface area contributed by atoms with Crippen molar-refractivity contribution in [3.63, 3.8) is 0 Å². The Kier molecular flexibility index (Phi) is 5.12. The predicted octanol–water partition coefficient (Wildman–Crippen LogP) is 2.29. The number of ether oxygens (including phenoxy) is 1. The number of hydrogen-bond donors (Lipinski definition) is 1. The van der Waals surface area contributed by atoms with Crippen molar-refractivity contribution in [1.82, 2.24) is 9.80 Å². The van der Waals surface area contributed by atoms with Crippen molar-refractivity contribution in [2.45, 2.75) is 39.2 Å². The third-order valence-corrected chi connectivity index (χ3v) is 6.32. The first kappa shape index (κ1) is 19.9. The van der Waals surface area contributed by atoms with Gasteiger partial charge in [0.1, 0.15) is 11.2 Å². The zero-order chi connectivity index (χ0) is 20.8. The molecule has 7 heteroatoms. The summed E-state index contributed by atoms with van der Waals surface area (Å²) >= 11 is 0. The first-order valence-corrected chi connectivity index (χ1v) is 10.1. The Morgan fingerprint density at radius 1 is 1.17 bits per heavy atom. The number of likely N-dealkylation sites (tertiary alicyclic amines) is 1. The monoisotopic (exact) mass is 400 g/mol. The second-order valence-electron chi connectivity index (χ2n) is 8.48. The van der Waals surface area contributed by atoms with E-state index in [0.717, 1.165) is 34.1 Å². The number of furan rings is 1. The number of carboxylic acids is 1. The van der Waals surface area contributed by atoms with Gasteiger partial charge in [0.05, 0.1) is 32.4 Å². The van der Waals surface area contributed by atoms with Gasteiger partial charge in [0.25, 0.3) is 0 Å². The fraction of sp³-hybridized carbons (Fsp3) is 0.545. The number of fused-ring (bicyclic) bond motifs is 1. The summed E-state index contributed by atoms with van der Waals surface area (Å²) in [5, 5.41) is 10.1. The highest BCUT2D eigenvalue weighted by Crippen LogP contribution is 2.32. The Morgan fingerprint density at radius 3 is 2.72 bits per heavy atom. The Bertz CT molecular complexity index is 966. The van der Waals surface area contributed by atoms with E-state index in [0.29, 0.717) is 39.2 Å². The third-order valence-electron chi connectivity index (χ3n) is 6.32. The highest BCUT2D eigenvalue weighted by molar-refractivity contribution is 5.92. The molecule has 0 bridgehead atoms. The zero-order valence-corrected chi connectivity index (χ0v) is 17.3. The number of carbonyl (C=O) groups is 2. The van der Waals surface area contributed by atoms with E-state index in [-0.39, 0.29) is 12.5 Å². The van der Waals surface area contributed by atoms with Gasteiger partial charge in [-0.2, -0.15) is 0 Å². The van der Waals surface area contributed by atoms with Gasteiger partial charge in [-0.1, -0.05) is 6.07 Å². The van der Waals surface area contributed by atoms with E-state index in [1.54, 1.807) is 6.26 Å². The van der Waals surface area contributed by atoms with E-state index in [4.69, 9.17) is 14.3 Å². The molecule has 0 radical (unpaired) electrons. The van der Waals surface area contributed by atoms with Crippen LogP contribution in [0.3, 0.4) is 0 Å². The number of rotatable bonds is 4. The van der Waals surface area contributed by atoms with E-state index in [1.807, 2.05) is 16.7 Å². The number of aliphatic carboxylic acids is 1. The van der Waals surface area contributed by atoms with E-state index in [1.165, 1.54) is 5.56 Å². The van der Waals surface area contributed by atoms with Gasteiger partial charge in [-0.25, -0.2) is 0 Å². The fourth-order valence-electron chi connectivity index (χ4n) is 4.75. The summed E-state index contributed by atoms with van der Waals surface area (Å²) in [5.41, 5.74) is 4.75. The molecule has 1 atom stereocenters. The lowest BCUT2D eigenvalue weighted by molar-refractivity contribution is -0.145. The van der Waals surface area contributed by atoms with Crippen molar-refractivity contribution in [1.29, 1.82) is 0 Å². The maximum absolute atomic E-state index is 13.0. The number of morpholine rings is 1. The minimum absolute atomic E-state index is 0.0120. The molecule has 2 aliphatic heterocycles. The van der Waals surface area contributed by atoms with Gasteiger partial charge in [0.2, 0.25) is 5.91 Å². The van der Waals surface area contributed by atoms with Gasteiger partial charge in [-0.15, -0.1) is 0 Å². The molecule has 1 spiro atoms. The Morgan fingerprint density at radius 2 is 1.97 bits per heavy atom. The predicted molar refractivity (Wildman–Crippen MR) is 108 cm³/mol. The molecule has 1 unspecified atom stereocenters. The summed E-state index contributed by atoms with van der Waals surface area (Å²) in [7, 11) is 0. The van der Waals surface area contributed by atoms with Gasteiger partial charge >= 0.3 is 5.97 Å². The van der Waals surface area contributed by atoms with Crippen LogP contribution in [-0.2, 0) is 20.7 Å². The zero-order valence-electron chi connectivity index (χ0n) is 17.3. The average Bonchev–Trinajstić information content (AvgIpc) is 3.24. The molecule has 156 valence electrons. The number of carboxylic acid groups (broad SMARTS) is 1. The van der Waals surface area contributed by atoms with Crippen LogP contribution in [0.4, 0.5) is 0 Å².